The van der Waals surface area contributed by atoms with Gasteiger partial charge in [-0.1, -0.05) is 39.5 Å². The van der Waals surface area contributed by atoms with Crippen LogP contribution in [-0.2, 0) is 19.4 Å². The molecule has 0 amide bonds. The standard InChI is InChI=1S/C15H26N2O/c1-3-13-10-14(4-2)17(16-13)11-15(18)9-12-7-5-6-8-12/h10,12,15,18H,3-9,11H2,1-2H3. The molecular weight excluding hydrogens is 224 g/mol. The summed E-state index contributed by atoms with van der Waals surface area (Å²) in [4.78, 5) is 0. The molecule has 1 aliphatic rings. The number of aliphatic hydroxyl groups is 1. The van der Waals surface area contributed by atoms with E-state index in [1.54, 1.807) is 0 Å². The predicted molar refractivity (Wildman–Crippen MR) is 73.6 cm³/mol. The van der Waals surface area contributed by atoms with Crippen molar-refractivity contribution in [1.29, 1.82) is 0 Å². The van der Waals surface area contributed by atoms with Gasteiger partial charge in [-0.05, 0) is 31.2 Å². The number of hydrogen-bond acceptors (Lipinski definition) is 2. The molecule has 0 spiro atoms. The number of aryl methyl sites for hydroxylation is 2. The van der Waals surface area contributed by atoms with E-state index in [0.717, 1.165) is 30.9 Å². The highest BCUT2D eigenvalue weighted by Gasteiger charge is 2.19. The zero-order chi connectivity index (χ0) is 13.0. The van der Waals surface area contributed by atoms with Crippen LogP contribution in [0.3, 0.4) is 0 Å². The van der Waals surface area contributed by atoms with Gasteiger partial charge >= 0.3 is 0 Å². The smallest absolute Gasteiger partial charge is 0.0738 e. The summed E-state index contributed by atoms with van der Waals surface area (Å²) >= 11 is 0. The summed E-state index contributed by atoms with van der Waals surface area (Å²) in [6, 6.07) is 2.17. The lowest BCUT2D eigenvalue weighted by atomic mass is 10.00. The van der Waals surface area contributed by atoms with E-state index in [4.69, 9.17) is 0 Å². The highest BCUT2D eigenvalue weighted by atomic mass is 16.3. The number of aliphatic hydroxyl groups excluding tert-OH is 1. The van der Waals surface area contributed by atoms with E-state index in [1.165, 1.54) is 31.4 Å². The van der Waals surface area contributed by atoms with Crippen molar-refractivity contribution in [2.45, 2.75) is 71.4 Å². The fourth-order valence-corrected chi connectivity index (χ4v) is 3.04. The largest absolute Gasteiger partial charge is 0.391 e. The first-order valence-electron chi connectivity index (χ1n) is 7.46. The minimum atomic E-state index is -0.233. The number of rotatable bonds is 6. The van der Waals surface area contributed by atoms with Gasteiger partial charge in [0.1, 0.15) is 0 Å². The molecule has 18 heavy (non-hydrogen) atoms. The molecule has 1 fully saturated rings. The first-order valence-corrected chi connectivity index (χ1v) is 7.46. The number of aromatic nitrogens is 2. The van der Waals surface area contributed by atoms with E-state index in [9.17, 15) is 5.11 Å². The van der Waals surface area contributed by atoms with E-state index >= 15 is 0 Å². The quantitative estimate of drug-likeness (QED) is 0.843. The first kappa shape index (κ1) is 13.6. The van der Waals surface area contributed by atoms with Gasteiger partial charge in [-0.2, -0.15) is 5.10 Å². The van der Waals surface area contributed by atoms with Gasteiger partial charge in [0.25, 0.3) is 0 Å². The van der Waals surface area contributed by atoms with Crippen molar-refractivity contribution in [3.8, 4) is 0 Å². The van der Waals surface area contributed by atoms with Gasteiger partial charge in [-0.25, -0.2) is 0 Å². The third kappa shape index (κ3) is 3.35. The molecule has 1 saturated carbocycles. The van der Waals surface area contributed by atoms with E-state index in [1.807, 2.05) is 4.68 Å². The molecule has 3 heteroatoms. The minimum Gasteiger partial charge on any atom is -0.391 e. The summed E-state index contributed by atoms with van der Waals surface area (Å²) in [5, 5.41) is 14.8. The second-order valence-electron chi connectivity index (χ2n) is 5.56. The van der Waals surface area contributed by atoms with Gasteiger partial charge in [0, 0.05) is 5.69 Å². The molecule has 1 atom stereocenters. The van der Waals surface area contributed by atoms with E-state index in [2.05, 4.69) is 25.0 Å². The van der Waals surface area contributed by atoms with Crippen molar-refractivity contribution in [3.05, 3.63) is 17.5 Å². The molecule has 1 aromatic heterocycles. The maximum Gasteiger partial charge on any atom is 0.0738 e. The van der Waals surface area contributed by atoms with Crippen LogP contribution in [0.2, 0.25) is 0 Å². The lowest BCUT2D eigenvalue weighted by molar-refractivity contribution is 0.119. The number of hydrogen-bond donors (Lipinski definition) is 1. The van der Waals surface area contributed by atoms with Gasteiger partial charge in [0.15, 0.2) is 0 Å². The van der Waals surface area contributed by atoms with Crippen molar-refractivity contribution < 1.29 is 5.11 Å². The fraction of sp³-hybridized carbons (Fsp3) is 0.800. The van der Waals surface area contributed by atoms with Gasteiger partial charge in [-0.15, -0.1) is 0 Å². The molecule has 1 unspecified atom stereocenters. The Morgan fingerprint density at radius 3 is 2.67 bits per heavy atom. The van der Waals surface area contributed by atoms with Crippen molar-refractivity contribution in [2.24, 2.45) is 5.92 Å². The topological polar surface area (TPSA) is 38.0 Å². The summed E-state index contributed by atoms with van der Waals surface area (Å²) in [5.74, 6) is 0.742. The Morgan fingerprint density at radius 1 is 1.33 bits per heavy atom. The third-order valence-electron chi connectivity index (χ3n) is 4.10. The molecule has 0 aliphatic heterocycles. The second-order valence-corrected chi connectivity index (χ2v) is 5.56. The van der Waals surface area contributed by atoms with Crippen LogP contribution < -0.4 is 0 Å². The summed E-state index contributed by atoms with van der Waals surface area (Å²) in [6.45, 7) is 4.94. The highest BCUT2D eigenvalue weighted by Crippen LogP contribution is 2.28. The predicted octanol–water partition coefficient (Wildman–Crippen LogP) is 2.95. The van der Waals surface area contributed by atoms with Crippen molar-refractivity contribution in [3.63, 3.8) is 0 Å². The number of nitrogens with zero attached hydrogens (tertiary/aromatic N) is 2. The average molecular weight is 250 g/mol. The average Bonchev–Trinajstić information content (AvgIpc) is 2.98. The molecule has 1 aromatic rings. The lowest BCUT2D eigenvalue weighted by Gasteiger charge is -2.16. The normalized spacial score (nSPS) is 18.4. The second kappa shape index (κ2) is 6.37. The Kier molecular flexibility index (Phi) is 4.81. The zero-order valence-electron chi connectivity index (χ0n) is 11.7. The van der Waals surface area contributed by atoms with Crippen molar-refractivity contribution >= 4 is 0 Å². The SMILES string of the molecule is CCc1cc(CC)n(CC(O)CC2CCCC2)n1. The molecule has 3 nitrogen and oxygen atoms in total. The molecule has 0 saturated heterocycles. The molecule has 102 valence electrons. The summed E-state index contributed by atoms with van der Waals surface area (Å²) in [5.41, 5.74) is 2.39. The van der Waals surface area contributed by atoms with Crippen LogP contribution in [0.5, 0.6) is 0 Å². The molecule has 1 aliphatic carbocycles. The lowest BCUT2D eigenvalue weighted by Crippen LogP contribution is -2.21. The third-order valence-corrected chi connectivity index (χ3v) is 4.10. The van der Waals surface area contributed by atoms with Gasteiger partial charge in [0.05, 0.1) is 18.3 Å². The molecule has 2 rings (SSSR count). The van der Waals surface area contributed by atoms with Crippen molar-refractivity contribution in [1.82, 2.24) is 9.78 Å². The maximum absolute atomic E-state index is 10.2. The van der Waals surface area contributed by atoms with E-state index in [-0.39, 0.29) is 6.10 Å². The Hall–Kier alpha value is -0.830. The monoisotopic (exact) mass is 250 g/mol. The molecule has 0 bridgehead atoms. The summed E-state index contributed by atoms with van der Waals surface area (Å²) < 4.78 is 2.01. The summed E-state index contributed by atoms with van der Waals surface area (Å²) in [7, 11) is 0. The van der Waals surface area contributed by atoms with E-state index in [0.29, 0.717) is 6.54 Å². The van der Waals surface area contributed by atoms with Crippen LogP contribution in [0.4, 0.5) is 0 Å². The van der Waals surface area contributed by atoms with Crippen LogP contribution in [0.25, 0.3) is 0 Å². The Balaban J connectivity index is 1.92. The first-order chi connectivity index (χ1) is 8.72. The summed E-state index contributed by atoms with van der Waals surface area (Å²) in [6.07, 6.45) is 7.97. The van der Waals surface area contributed by atoms with E-state index < -0.39 is 0 Å². The van der Waals surface area contributed by atoms with Crippen LogP contribution in [0.15, 0.2) is 6.07 Å². The van der Waals surface area contributed by atoms with Gasteiger partial charge < -0.3 is 5.11 Å². The maximum atomic E-state index is 10.2. The van der Waals surface area contributed by atoms with Gasteiger partial charge in [-0.3, -0.25) is 4.68 Å². The Labute approximate surface area is 110 Å². The van der Waals surface area contributed by atoms with Crippen LogP contribution in [0.1, 0.15) is 57.3 Å². The van der Waals surface area contributed by atoms with Crippen LogP contribution >= 0.6 is 0 Å². The Morgan fingerprint density at radius 2 is 2.06 bits per heavy atom. The van der Waals surface area contributed by atoms with Gasteiger partial charge in [0.2, 0.25) is 0 Å². The molecule has 0 aromatic carbocycles. The molecule has 1 N–H and O–H groups in total. The molecule has 1 heterocycles. The fourth-order valence-electron chi connectivity index (χ4n) is 3.04. The molecule has 0 radical (unpaired) electrons. The highest BCUT2D eigenvalue weighted by molar-refractivity contribution is 5.10. The Bertz CT molecular complexity index is 367. The molecular formula is C15H26N2O. The van der Waals surface area contributed by atoms with Crippen LogP contribution in [0, 0.1) is 5.92 Å². The van der Waals surface area contributed by atoms with Crippen LogP contribution in [-0.4, -0.2) is 21.0 Å². The van der Waals surface area contributed by atoms with Crippen molar-refractivity contribution in [2.75, 3.05) is 0 Å². The minimum absolute atomic E-state index is 0.233. The zero-order valence-corrected chi connectivity index (χ0v) is 11.7.